The molecule has 0 atom stereocenters. The third-order valence-corrected chi connectivity index (χ3v) is 3.47. The fourth-order valence-corrected chi connectivity index (χ4v) is 2.09. The van der Waals surface area contributed by atoms with Crippen molar-refractivity contribution in [2.24, 2.45) is 15.9 Å². The summed E-state index contributed by atoms with van der Waals surface area (Å²) < 4.78 is 0. The van der Waals surface area contributed by atoms with E-state index in [1.807, 2.05) is 19.1 Å². The van der Waals surface area contributed by atoms with Gasteiger partial charge in [-0.15, -0.1) is 5.10 Å². The third-order valence-electron chi connectivity index (χ3n) is 3.47. The van der Waals surface area contributed by atoms with Crippen LogP contribution in [0.3, 0.4) is 0 Å². The lowest BCUT2D eigenvalue weighted by molar-refractivity contribution is 0.101. The Morgan fingerprint density at radius 1 is 0.769 bits per heavy atom. The number of benzene rings is 2. The average Bonchev–Trinajstić information content (AvgIpc) is 2.60. The molecule has 0 aromatic heterocycles. The van der Waals surface area contributed by atoms with Crippen molar-refractivity contribution in [3.05, 3.63) is 59.7 Å². The van der Waals surface area contributed by atoms with E-state index in [2.05, 4.69) is 20.8 Å². The number of anilines is 2. The molecule has 2 aromatic rings. The molecule has 7 nitrogen and oxygen atoms in total. The summed E-state index contributed by atoms with van der Waals surface area (Å²) in [6.07, 6.45) is 0. The van der Waals surface area contributed by atoms with Gasteiger partial charge in [-0.25, -0.2) is 4.79 Å². The molecule has 0 aliphatic rings. The number of amidine groups is 1. The number of nitrogens with two attached hydrogens (primary N) is 1. The van der Waals surface area contributed by atoms with Crippen molar-refractivity contribution in [1.82, 2.24) is 0 Å². The average molecular weight is 351 g/mol. The molecule has 0 aliphatic carbocycles. The van der Waals surface area contributed by atoms with Crippen LogP contribution in [-0.4, -0.2) is 23.4 Å². The molecule has 0 spiro atoms. The van der Waals surface area contributed by atoms with Crippen LogP contribution in [0.2, 0.25) is 0 Å². The molecule has 0 saturated heterocycles. The first kappa shape index (κ1) is 18.9. The SMILES string of the molecule is CC(=O)c1ccc(NC(=O)Nc2ccc(/C(C)=N\N=C(C)N)cc2)cc1. The van der Waals surface area contributed by atoms with Gasteiger partial charge in [0.05, 0.1) is 5.71 Å². The number of ketones is 1. The molecular weight excluding hydrogens is 330 g/mol. The first-order chi connectivity index (χ1) is 12.3. The number of nitrogens with one attached hydrogen (secondary N) is 2. The molecule has 7 heteroatoms. The Morgan fingerprint density at radius 3 is 1.65 bits per heavy atom. The van der Waals surface area contributed by atoms with Gasteiger partial charge in [0.1, 0.15) is 5.84 Å². The second kappa shape index (κ2) is 8.57. The fourth-order valence-electron chi connectivity index (χ4n) is 2.09. The lowest BCUT2D eigenvalue weighted by atomic mass is 10.1. The monoisotopic (exact) mass is 351 g/mol. The van der Waals surface area contributed by atoms with E-state index in [1.165, 1.54) is 6.92 Å². The van der Waals surface area contributed by atoms with Crippen molar-refractivity contribution in [3.63, 3.8) is 0 Å². The number of amides is 2. The van der Waals surface area contributed by atoms with Crippen molar-refractivity contribution in [3.8, 4) is 0 Å². The van der Waals surface area contributed by atoms with Gasteiger partial charge >= 0.3 is 6.03 Å². The molecule has 0 fully saturated rings. The highest BCUT2D eigenvalue weighted by atomic mass is 16.2. The summed E-state index contributed by atoms with van der Waals surface area (Å²) >= 11 is 0. The van der Waals surface area contributed by atoms with E-state index in [-0.39, 0.29) is 11.8 Å². The van der Waals surface area contributed by atoms with Gasteiger partial charge in [-0.1, -0.05) is 12.1 Å². The number of rotatable bonds is 5. The number of hydrogen-bond acceptors (Lipinski definition) is 4. The zero-order chi connectivity index (χ0) is 19.1. The summed E-state index contributed by atoms with van der Waals surface area (Å²) in [5.74, 6) is 0.364. The molecule has 0 saturated carbocycles. The van der Waals surface area contributed by atoms with E-state index in [0.717, 1.165) is 11.3 Å². The normalized spacial score (nSPS) is 11.8. The van der Waals surface area contributed by atoms with Crippen LogP contribution in [0, 0.1) is 0 Å². The van der Waals surface area contributed by atoms with Gasteiger partial charge < -0.3 is 16.4 Å². The third kappa shape index (κ3) is 5.55. The molecule has 2 amide bonds. The minimum atomic E-state index is -0.373. The maximum Gasteiger partial charge on any atom is 0.323 e. The summed E-state index contributed by atoms with van der Waals surface area (Å²) in [6.45, 7) is 4.98. The zero-order valence-corrected chi connectivity index (χ0v) is 14.9. The van der Waals surface area contributed by atoms with Crippen LogP contribution >= 0.6 is 0 Å². The minimum Gasteiger partial charge on any atom is -0.386 e. The van der Waals surface area contributed by atoms with Gasteiger partial charge in [-0.05, 0) is 62.7 Å². The van der Waals surface area contributed by atoms with Crippen LogP contribution in [0.1, 0.15) is 36.7 Å². The molecule has 4 N–H and O–H groups in total. The Hall–Kier alpha value is -3.48. The van der Waals surface area contributed by atoms with Gasteiger partial charge in [0.2, 0.25) is 0 Å². The number of nitrogens with zero attached hydrogens (tertiary/aromatic N) is 2. The first-order valence-corrected chi connectivity index (χ1v) is 7.99. The lowest BCUT2D eigenvalue weighted by Crippen LogP contribution is -2.19. The van der Waals surface area contributed by atoms with Gasteiger partial charge in [0, 0.05) is 16.9 Å². The number of urea groups is 1. The summed E-state index contributed by atoms with van der Waals surface area (Å²) in [6, 6.07) is 13.5. The van der Waals surface area contributed by atoms with Crippen LogP contribution in [-0.2, 0) is 0 Å². The molecule has 0 bridgehead atoms. The maximum absolute atomic E-state index is 12.1. The molecule has 134 valence electrons. The van der Waals surface area contributed by atoms with Crippen LogP contribution < -0.4 is 16.4 Å². The molecule has 2 aromatic carbocycles. The molecular formula is C19H21N5O2. The highest BCUT2D eigenvalue weighted by molar-refractivity contribution is 6.02. The Bertz CT molecular complexity index is 849. The number of hydrogen-bond donors (Lipinski definition) is 3. The second-order valence-corrected chi connectivity index (χ2v) is 5.72. The standard InChI is InChI=1S/C19H21N5O2/c1-12(23-24-14(3)20)15-4-8-17(9-5-15)21-19(26)22-18-10-6-16(7-11-18)13(2)25/h4-11H,1-3H3,(H2,20,24)(H2,21,22,26)/b23-12-. The highest BCUT2D eigenvalue weighted by Crippen LogP contribution is 2.13. The Morgan fingerprint density at radius 2 is 1.23 bits per heavy atom. The molecule has 26 heavy (non-hydrogen) atoms. The van der Waals surface area contributed by atoms with Gasteiger partial charge in [-0.3, -0.25) is 4.79 Å². The van der Waals surface area contributed by atoms with Gasteiger partial charge in [-0.2, -0.15) is 5.10 Å². The summed E-state index contributed by atoms with van der Waals surface area (Å²) in [7, 11) is 0. The van der Waals surface area contributed by atoms with Crippen molar-refractivity contribution < 1.29 is 9.59 Å². The molecule has 0 unspecified atom stereocenters. The van der Waals surface area contributed by atoms with Gasteiger partial charge in [0.15, 0.2) is 5.78 Å². The largest absolute Gasteiger partial charge is 0.386 e. The minimum absolute atomic E-state index is 0.0211. The number of Topliss-reactive ketones (excluding diaryl/α,β-unsaturated/α-hetero) is 1. The Balaban J connectivity index is 1.98. The number of carbonyl (C=O) groups is 2. The van der Waals surface area contributed by atoms with Crippen LogP contribution in [0.15, 0.2) is 58.7 Å². The molecule has 0 heterocycles. The van der Waals surface area contributed by atoms with E-state index in [9.17, 15) is 9.59 Å². The Kier molecular flexibility index (Phi) is 6.21. The van der Waals surface area contributed by atoms with Crippen molar-refractivity contribution in [2.45, 2.75) is 20.8 Å². The summed E-state index contributed by atoms with van der Waals surface area (Å²) in [4.78, 5) is 23.3. The van der Waals surface area contributed by atoms with Crippen LogP contribution in [0.25, 0.3) is 0 Å². The number of carbonyl (C=O) groups excluding carboxylic acids is 2. The maximum atomic E-state index is 12.1. The van der Waals surface area contributed by atoms with Crippen LogP contribution in [0.5, 0.6) is 0 Å². The smallest absolute Gasteiger partial charge is 0.323 e. The summed E-state index contributed by atoms with van der Waals surface area (Å²) in [5.41, 5.74) is 8.88. The lowest BCUT2D eigenvalue weighted by Gasteiger charge is -2.08. The first-order valence-electron chi connectivity index (χ1n) is 7.99. The van der Waals surface area contributed by atoms with Crippen molar-refractivity contribution in [1.29, 1.82) is 0 Å². The summed E-state index contributed by atoms with van der Waals surface area (Å²) in [5, 5.41) is 13.3. The van der Waals surface area contributed by atoms with E-state index < -0.39 is 0 Å². The predicted molar refractivity (Wildman–Crippen MR) is 105 cm³/mol. The van der Waals surface area contributed by atoms with E-state index in [4.69, 9.17) is 5.73 Å². The van der Waals surface area contributed by atoms with Crippen molar-refractivity contribution in [2.75, 3.05) is 10.6 Å². The van der Waals surface area contributed by atoms with Gasteiger partial charge in [0.25, 0.3) is 0 Å². The Labute approximate surface area is 152 Å². The van der Waals surface area contributed by atoms with E-state index in [0.29, 0.717) is 22.8 Å². The molecule has 2 rings (SSSR count). The van der Waals surface area contributed by atoms with E-state index in [1.54, 1.807) is 43.3 Å². The molecule has 0 aliphatic heterocycles. The predicted octanol–water partition coefficient (Wildman–Crippen LogP) is 3.63. The van der Waals surface area contributed by atoms with Crippen LogP contribution in [0.4, 0.5) is 16.2 Å². The highest BCUT2D eigenvalue weighted by Gasteiger charge is 2.05. The van der Waals surface area contributed by atoms with Crippen molar-refractivity contribution >= 4 is 34.7 Å². The van der Waals surface area contributed by atoms with E-state index >= 15 is 0 Å². The molecule has 0 radical (unpaired) electrons. The second-order valence-electron chi connectivity index (χ2n) is 5.72. The topological polar surface area (TPSA) is 109 Å². The fraction of sp³-hybridized carbons (Fsp3) is 0.158. The zero-order valence-electron chi connectivity index (χ0n) is 14.9. The quantitative estimate of drug-likeness (QED) is 0.331.